The van der Waals surface area contributed by atoms with Crippen LogP contribution in [0.4, 0.5) is 0 Å². The van der Waals surface area contributed by atoms with Crippen molar-refractivity contribution in [3.8, 4) is 11.3 Å². The molecule has 2 rings (SSSR count). The first-order valence-electron chi connectivity index (χ1n) is 6.01. The number of carboxylic acids is 1. The van der Waals surface area contributed by atoms with E-state index in [1.54, 1.807) is 0 Å². The van der Waals surface area contributed by atoms with Gasteiger partial charge in [0.2, 0.25) is 0 Å². The van der Waals surface area contributed by atoms with E-state index in [4.69, 9.17) is 5.11 Å². The van der Waals surface area contributed by atoms with Gasteiger partial charge in [-0.05, 0) is 41.4 Å². The van der Waals surface area contributed by atoms with Gasteiger partial charge in [-0.3, -0.25) is 4.79 Å². The zero-order valence-corrected chi connectivity index (χ0v) is 12.4. The Morgan fingerprint density at radius 3 is 2.84 bits per heavy atom. The van der Waals surface area contributed by atoms with Crippen LogP contribution < -0.4 is 0 Å². The van der Waals surface area contributed by atoms with Crippen molar-refractivity contribution in [1.82, 2.24) is 9.97 Å². The molecule has 1 aromatic heterocycles. The van der Waals surface area contributed by atoms with Crippen LogP contribution in [0.5, 0.6) is 0 Å². The van der Waals surface area contributed by atoms with Crippen molar-refractivity contribution >= 4 is 21.9 Å². The van der Waals surface area contributed by atoms with E-state index >= 15 is 0 Å². The Morgan fingerprint density at radius 2 is 2.16 bits per heavy atom. The molecule has 19 heavy (non-hydrogen) atoms. The second kappa shape index (κ2) is 5.57. The maximum atomic E-state index is 10.7. The van der Waals surface area contributed by atoms with Gasteiger partial charge in [-0.1, -0.05) is 17.7 Å². The number of imidazole rings is 1. The number of H-pyrrole nitrogens is 1. The summed E-state index contributed by atoms with van der Waals surface area (Å²) in [5.74, 6) is -0.808. The van der Waals surface area contributed by atoms with E-state index in [1.807, 2.05) is 19.9 Å². The fourth-order valence-electron chi connectivity index (χ4n) is 2.00. The van der Waals surface area contributed by atoms with Gasteiger partial charge in [-0.15, -0.1) is 0 Å². The van der Waals surface area contributed by atoms with Gasteiger partial charge in [-0.2, -0.15) is 0 Å². The van der Waals surface area contributed by atoms with Gasteiger partial charge >= 0.3 is 5.97 Å². The molecule has 5 heteroatoms. The van der Waals surface area contributed by atoms with Crippen LogP contribution in [0.1, 0.15) is 23.2 Å². The number of carbonyl (C=O) groups is 1. The molecule has 0 unspecified atom stereocenters. The lowest BCUT2D eigenvalue weighted by atomic mass is 10.0. The minimum absolute atomic E-state index is 0.0898. The molecule has 1 heterocycles. The first-order chi connectivity index (χ1) is 8.97. The Bertz CT molecular complexity index is 620. The Hall–Kier alpha value is -1.62. The molecule has 0 amide bonds. The molecule has 2 N–H and O–H groups in total. The smallest absolute Gasteiger partial charge is 0.303 e. The van der Waals surface area contributed by atoms with Crippen molar-refractivity contribution in [2.75, 3.05) is 0 Å². The maximum Gasteiger partial charge on any atom is 0.303 e. The van der Waals surface area contributed by atoms with Gasteiger partial charge in [-0.25, -0.2) is 4.98 Å². The molecule has 0 radical (unpaired) electrons. The molecule has 0 aliphatic rings. The molecule has 0 bridgehead atoms. The number of nitrogens with one attached hydrogen (secondary N) is 1. The Morgan fingerprint density at radius 1 is 1.42 bits per heavy atom. The van der Waals surface area contributed by atoms with Crippen molar-refractivity contribution in [3.05, 3.63) is 39.8 Å². The molecule has 0 saturated heterocycles. The first-order valence-corrected chi connectivity index (χ1v) is 6.80. The lowest BCUT2D eigenvalue weighted by Gasteiger charge is -2.06. The van der Waals surface area contributed by atoms with Crippen LogP contribution in [0.3, 0.4) is 0 Å². The number of hydrogen-bond acceptors (Lipinski definition) is 2. The summed E-state index contributed by atoms with van der Waals surface area (Å²) in [7, 11) is 0. The lowest BCUT2D eigenvalue weighted by Crippen LogP contribution is -1.99. The molecule has 2 aromatic rings. The van der Waals surface area contributed by atoms with Crippen LogP contribution in [0.15, 0.2) is 22.9 Å². The van der Waals surface area contributed by atoms with E-state index in [0.29, 0.717) is 11.2 Å². The van der Waals surface area contributed by atoms with Crippen molar-refractivity contribution in [1.29, 1.82) is 0 Å². The van der Waals surface area contributed by atoms with Crippen molar-refractivity contribution in [2.45, 2.75) is 26.7 Å². The lowest BCUT2D eigenvalue weighted by molar-refractivity contribution is -0.136. The molecule has 0 fully saturated rings. The SMILES string of the molecule is Cc1ccc(C)c(-c2nc(Br)[nH]c2CCC(=O)O)c1. The normalized spacial score (nSPS) is 10.7. The number of aromatic amines is 1. The van der Waals surface area contributed by atoms with Crippen LogP contribution >= 0.6 is 15.9 Å². The maximum absolute atomic E-state index is 10.7. The predicted octanol–water partition coefficient (Wildman–Crippen LogP) is 3.47. The van der Waals surface area contributed by atoms with E-state index in [9.17, 15) is 4.79 Å². The van der Waals surface area contributed by atoms with Gasteiger partial charge in [0.05, 0.1) is 12.1 Å². The summed E-state index contributed by atoms with van der Waals surface area (Å²) in [5, 5.41) is 8.80. The summed E-state index contributed by atoms with van der Waals surface area (Å²) < 4.78 is 0.629. The molecule has 0 aliphatic heterocycles. The van der Waals surface area contributed by atoms with Gasteiger partial charge in [0.25, 0.3) is 0 Å². The molecule has 0 atom stereocenters. The van der Waals surface area contributed by atoms with Crippen LogP contribution in [-0.2, 0) is 11.2 Å². The van der Waals surface area contributed by atoms with Gasteiger partial charge < -0.3 is 10.1 Å². The Labute approximate surface area is 120 Å². The number of hydrogen-bond donors (Lipinski definition) is 2. The van der Waals surface area contributed by atoms with Crippen LogP contribution in [0.25, 0.3) is 11.3 Å². The molecule has 4 nitrogen and oxygen atoms in total. The minimum Gasteiger partial charge on any atom is -0.481 e. The third-order valence-corrected chi connectivity index (χ3v) is 3.36. The number of halogens is 1. The van der Waals surface area contributed by atoms with Gasteiger partial charge in [0.1, 0.15) is 0 Å². The van der Waals surface area contributed by atoms with E-state index in [1.165, 1.54) is 0 Å². The molecule has 1 aromatic carbocycles. The highest BCUT2D eigenvalue weighted by atomic mass is 79.9. The third-order valence-electron chi connectivity index (χ3n) is 2.99. The van der Waals surface area contributed by atoms with E-state index in [0.717, 1.165) is 28.1 Å². The zero-order chi connectivity index (χ0) is 14.0. The fourth-order valence-corrected chi connectivity index (χ4v) is 2.42. The van der Waals surface area contributed by atoms with Crippen molar-refractivity contribution < 1.29 is 9.90 Å². The summed E-state index contributed by atoms with van der Waals surface area (Å²) >= 11 is 3.32. The Balaban J connectivity index is 2.43. The van der Waals surface area contributed by atoms with Gasteiger partial charge in [0.15, 0.2) is 4.73 Å². The highest BCUT2D eigenvalue weighted by molar-refractivity contribution is 9.10. The number of aliphatic carboxylic acids is 1. The van der Waals surface area contributed by atoms with E-state index in [2.05, 4.69) is 38.0 Å². The van der Waals surface area contributed by atoms with E-state index < -0.39 is 5.97 Å². The molecule has 0 aliphatic carbocycles. The topological polar surface area (TPSA) is 66.0 Å². The van der Waals surface area contributed by atoms with Crippen LogP contribution in [-0.4, -0.2) is 21.0 Å². The second-order valence-corrected chi connectivity index (χ2v) is 5.32. The van der Waals surface area contributed by atoms with Crippen molar-refractivity contribution in [2.24, 2.45) is 0 Å². The molecular formula is C14H15BrN2O2. The van der Waals surface area contributed by atoms with Crippen LogP contribution in [0.2, 0.25) is 0 Å². The Kier molecular flexibility index (Phi) is 4.04. The number of rotatable bonds is 4. The highest BCUT2D eigenvalue weighted by Gasteiger charge is 2.14. The quantitative estimate of drug-likeness (QED) is 0.905. The van der Waals surface area contributed by atoms with Gasteiger partial charge in [0, 0.05) is 17.7 Å². The predicted molar refractivity (Wildman–Crippen MR) is 77.2 cm³/mol. The molecular weight excluding hydrogens is 308 g/mol. The highest BCUT2D eigenvalue weighted by Crippen LogP contribution is 2.28. The zero-order valence-electron chi connectivity index (χ0n) is 10.8. The monoisotopic (exact) mass is 322 g/mol. The molecule has 100 valence electrons. The largest absolute Gasteiger partial charge is 0.481 e. The fraction of sp³-hybridized carbons (Fsp3) is 0.286. The van der Waals surface area contributed by atoms with E-state index in [-0.39, 0.29) is 6.42 Å². The average Bonchev–Trinajstić information content (AvgIpc) is 2.71. The second-order valence-electron chi connectivity index (χ2n) is 4.57. The first kappa shape index (κ1) is 13.8. The summed E-state index contributed by atoms with van der Waals surface area (Å²) in [6.07, 6.45) is 0.531. The minimum atomic E-state index is -0.808. The number of carboxylic acid groups (broad SMARTS) is 1. The average molecular weight is 323 g/mol. The third kappa shape index (κ3) is 3.23. The summed E-state index contributed by atoms with van der Waals surface area (Å²) in [5.41, 5.74) is 5.00. The number of aromatic nitrogens is 2. The summed E-state index contributed by atoms with van der Waals surface area (Å²) in [4.78, 5) is 18.2. The number of aryl methyl sites for hydroxylation is 3. The van der Waals surface area contributed by atoms with Crippen LogP contribution in [0, 0.1) is 13.8 Å². The standard InChI is InChI=1S/C14H15BrN2O2/c1-8-3-4-9(2)10(7-8)13-11(5-6-12(18)19)16-14(15)17-13/h3-4,7H,5-6H2,1-2H3,(H,16,17)(H,18,19). The van der Waals surface area contributed by atoms with Crippen molar-refractivity contribution in [3.63, 3.8) is 0 Å². The summed E-state index contributed by atoms with van der Waals surface area (Å²) in [6.45, 7) is 4.06. The number of benzene rings is 1. The summed E-state index contributed by atoms with van der Waals surface area (Å²) in [6, 6.07) is 6.17. The number of nitrogens with zero attached hydrogens (tertiary/aromatic N) is 1. The molecule has 0 saturated carbocycles. The molecule has 0 spiro atoms.